The third-order valence-corrected chi connectivity index (χ3v) is 4.85. The summed E-state index contributed by atoms with van der Waals surface area (Å²) in [6.07, 6.45) is 0.932. The number of rotatable bonds is 10. The van der Waals surface area contributed by atoms with E-state index in [4.69, 9.17) is 9.47 Å². The van der Waals surface area contributed by atoms with Crippen LogP contribution in [0.3, 0.4) is 0 Å². The van der Waals surface area contributed by atoms with Gasteiger partial charge in [-0.15, -0.1) is 0 Å². The Labute approximate surface area is 183 Å². The first-order valence-electron chi connectivity index (χ1n) is 10.7. The monoisotopic (exact) mass is 422 g/mol. The standard InChI is InChI=1S/C25H30N2O4/c1-5-14-31-21-8-6-7-20(16-21)26-23-22(19-11-9-18(4)10-12-19)24(28)27(25(23)29)13-15-30-17(2)3/h6-12,16-17,26H,5,13-15H2,1-4H3. The summed E-state index contributed by atoms with van der Waals surface area (Å²) in [4.78, 5) is 27.7. The highest BCUT2D eigenvalue weighted by atomic mass is 16.5. The van der Waals surface area contributed by atoms with Crippen LogP contribution in [0, 0.1) is 6.92 Å². The summed E-state index contributed by atoms with van der Waals surface area (Å²) in [5, 5.41) is 3.18. The normalized spacial score (nSPS) is 14.0. The van der Waals surface area contributed by atoms with Crippen molar-refractivity contribution in [2.24, 2.45) is 0 Å². The van der Waals surface area contributed by atoms with Crippen molar-refractivity contribution in [3.8, 4) is 5.75 Å². The minimum absolute atomic E-state index is 0.0285. The van der Waals surface area contributed by atoms with Gasteiger partial charge < -0.3 is 14.8 Å². The lowest BCUT2D eigenvalue weighted by Crippen LogP contribution is -2.35. The zero-order valence-electron chi connectivity index (χ0n) is 18.6. The molecular weight excluding hydrogens is 392 g/mol. The van der Waals surface area contributed by atoms with Crippen LogP contribution in [0.5, 0.6) is 5.75 Å². The molecule has 0 saturated carbocycles. The van der Waals surface area contributed by atoms with Gasteiger partial charge in [-0.1, -0.05) is 42.8 Å². The minimum Gasteiger partial charge on any atom is -0.494 e. The summed E-state index contributed by atoms with van der Waals surface area (Å²) in [6, 6.07) is 15.0. The van der Waals surface area contributed by atoms with Crippen molar-refractivity contribution >= 4 is 23.1 Å². The number of aryl methyl sites for hydroxylation is 1. The van der Waals surface area contributed by atoms with Crippen molar-refractivity contribution in [3.63, 3.8) is 0 Å². The number of nitrogens with one attached hydrogen (secondary N) is 1. The van der Waals surface area contributed by atoms with Gasteiger partial charge in [-0.25, -0.2) is 0 Å². The summed E-state index contributed by atoms with van der Waals surface area (Å²) in [5.41, 5.74) is 3.12. The van der Waals surface area contributed by atoms with Crippen molar-refractivity contribution < 1.29 is 19.1 Å². The second kappa shape index (κ2) is 10.3. The van der Waals surface area contributed by atoms with Gasteiger partial charge in [-0.2, -0.15) is 0 Å². The van der Waals surface area contributed by atoms with Crippen LogP contribution in [-0.2, 0) is 14.3 Å². The number of amides is 2. The highest BCUT2D eigenvalue weighted by molar-refractivity contribution is 6.36. The third kappa shape index (κ3) is 5.52. The van der Waals surface area contributed by atoms with E-state index in [1.165, 1.54) is 4.90 Å². The lowest BCUT2D eigenvalue weighted by molar-refractivity contribution is -0.137. The van der Waals surface area contributed by atoms with E-state index in [-0.39, 0.29) is 30.2 Å². The van der Waals surface area contributed by atoms with Gasteiger partial charge in [0.1, 0.15) is 11.4 Å². The maximum atomic E-state index is 13.2. The van der Waals surface area contributed by atoms with Crippen molar-refractivity contribution in [2.75, 3.05) is 25.1 Å². The molecule has 1 aliphatic rings. The van der Waals surface area contributed by atoms with Crippen molar-refractivity contribution in [3.05, 3.63) is 65.4 Å². The van der Waals surface area contributed by atoms with E-state index >= 15 is 0 Å². The summed E-state index contributed by atoms with van der Waals surface area (Å²) in [5.74, 6) is 0.0400. The molecule has 0 saturated heterocycles. The molecule has 0 fully saturated rings. The van der Waals surface area contributed by atoms with E-state index in [2.05, 4.69) is 5.32 Å². The molecule has 2 amide bonds. The Morgan fingerprint density at radius 2 is 1.74 bits per heavy atom. The molecule has 6 heteroatoms. The van der Waals surface area contributed by atoms with E-state index in [0.29, 0.717) is 35.8 Å². The summed E-state index contributed by atoms with van der Waals surface area (Å²) in [6.45, 7) is 8.98. The molecule has 1 heterocycles. The van der Waals surface area contributed by atoms with Crippen LogP contribution in [0.2, 0.25) is 0 Å². The number of carbonyl (C=O) groups excluding carboxylic acids is 2. The summed E-state index contributed by atoms with van der Waals surface area (Å²) in [7, 11) is 0. The fourth-order valence-electron chi connectivity index (χ4n) is 3.29. The number of hydrogen-bond donors (Lipinski definition) is 1. The molecule has 164 valence electrons. The smallest absolute Gasteiger partial charge is 0.278 e. The highest BCUT2D eigenvalue weighted by Gasteiger charge is 2.39. The van der Waals surface area contributed by atoms with Gasteiger partial charge in [0.2, 0.25) is 0 Å². The number of benzene rings is 2. The molecule has 0 unspecified atom stereocenters. The van der Waals surface area contributed by atoms with Crippen molar-refractivity contribution in [1.29, 1.82) is 0 Å². The summed E-state index contributed by atoms with van der Waals surface area (Å²) < 4.78 is 11.3. The number of imide groups is 1. The predicted molar refractivity (Wildman–Crippen MR) is 122 cm³/mol. The number of hydrogen-bond acceptors (Lipinski definition) is 5. The van der Waals surface area contributed by atoms with Gasteiger partial charge in [0.05, 0.1) is 31.4 Å². The lowest BCUT2D eigenvalue weighted by Gasteiger charge is -2.16. The molecular formula is C25H30N2O4. The third-order valence-electron chi connectivity index (χ3n) is 4.85. The Hall–Kier alpha value is -3.12. The topological polar surface area (TPSA) is 67.9 Å². The first-order chi connectivity index (χ1) is 14.9. The van der Waals surface area contributed by atoms with Gasteiger partial charge in [0.25, 0.3) is 11.8 Å². The first-order valence-corrected chi connectivity index (χ1v) is 10.7. The molecule has 2 aromatic carbocycles. The molecule has 2 aromatic rings. The SMILES string of the molecule is CCCOc1cccc(NC2=C(c3ccc(C)cc3)C(=O)N(CCOC(C)C)C2=O)c1. The zero-order chi connectivity index (χ0) is 22.4. The van der Waals surface area contributed by atoms with E-state index in [1.54, 1.807) is 0 Å². The second-order valence-electron chi connectivity index (χ2n) is 7.80. The van der Waals surface area contributed by atoms with Gasteiger partial charge in [-0.3, -0.25) is 14.5 Å². The van der Waals surface area contributed by atoms with E-state index < -0.39 is 0 Å². The molecule has 3 rings (SSSR count). The highest BCUT2D eigenvalue weighted by Crippen LogP contribution is 2.31. The molecule has 0 aromatic heterocycles. The molecule has 0 spiro atoms. The van der Waals surface area contributed by atoms with Crippen molar-refractivity contribution in [1.82, 2.24) is 4.90 Å². The molecule has 0 atom stereocenters. The van der Waals surface area contributed by atoms with Crippen LogP contribution in [-0.4, -0.2) is 42.6 Å². The van der Waals surface area contributed by atoms with Crippen LogP contribution in [0.15, 0.2) is 54.2 Å². The summed E-state index contributed by atoms with van der Waals surface area (Å²) >= 11 is 0. The molecule has 1 aliphatic heterocycles. The van der Waals surface area contributed by atoms with E-state index in [1.807, 2.05) is 76.2 Å². The zero-order valence-corrected chi connectivity index (χ0v) is 18.6. The van der Waals surface area contributed by atoms with Crippen LogP contribution in [0.1, 0.15) is 38.3 Å². The Kier molecular flexibility index (Phi) is 7.47. The van der Waals surface area contributed by atoms with Gasteiger partial charge >= 0.3 is 0 Å². The lowest BCUT2D eigenvalue weighted by atomic mass is 10.0. The van der Waals surface area contributed by atoms with E-state index in [9.17, 15) is 9.59 Å². The Morgan fingerprint density at radius 3 is 2.42 bits per heavy atom. The van der Waals surface area contributed by atoms with Crippen LogP contribution < -0.4 is 10.1 Å². The molecule has 1 N–H and O–H groups in total. The molecule has 0 radical (unpaired) electrons. The fraction of sp³-hybridized carbons (Fsp3) is 0.360. The molecule has 31 heavy (non-hydrogen) atoms. The van der Waals surface area contributed by atoms with Gasteiger partial charge in [0.15, 0.2) is 0 Å². The average Bonchev–Trinajstić information content (AvgIpc) is 2.97. The predicted octanol–water partition coefficient (Wildman–Crippen LogP) is 4.40. The van der Waals surface area contributed by atoms with Crippen LogP contribution in [0.25, 0.3) is 5.57 Å². The van der Waals surface area contributed by atoms with Crippen LogP contribution in [0.4, 0.5) is 5.69 Å². The van der Waals surface area contributed by atoms with Gasteiger partial charge in [-0.05, 0) is 44.9 Å². The largest absolute Gasteiger partial charge is 0.494 e. The van der Waals surface area contributed by atoms with Crippen molar-refractivity contribution in [2.45, 2.75) is 40.2 Å². The van der Waals surface area contributed by atoms with E-state index in [0.717, 1.165) is 12.0 Å². The van der Waals surface area contributed by atoms with Gasteiger partial charge in [0, 0.05) is 11.8 Å². The number of carbonyl (C=O) groups is 2. The second-order valence-corrected chi connectivity index (χ2v) is 7.80. The Balaban J connectivity index is 1.92. The molecule has 6 nitrogen and oxygen atoms in total. The number of ether oxygens (including phenoxy) is 2. The average molecular weight is 423 g/mol. The number of nitrogens with zero attached hydrogens (tertiary/aromatic N) is 1. The Bertz CT molecular complexity index is 964. The maximum absolute atomic E-state index is 13.2. The minimum atomic E-state index is -0.354. The number of anilines is 1. The Morgan fingerprint density at radius 1 is 1.00 bits per heavy atom. The first kappa shape index (κ1) is 22.6. The molecule has 0 aliphatic carbocycles. The quantitative estimate of drug-likeness (QED) is 0.575. The fourth-order valence-corrected chi connectivity index (χ4v) is 3.29. The maximum Gasteiger partial charge on any atom is 0.278 e. The van der Waals surface area contributed by atoms with Crippen LogP contribution >= 0.6 is 0 Å². The molecule has 0 bridgehead atoms.